The number of aromatic nitrogens is 2. The van der Waals surface area contributed by atoms with Gasteiger partial charge in [0.05, 0.1) is 4.90 Å². The van der Waals surface area contributed by atoms with Gasteiger partial charge in [0.25, 0.3) is 0 Å². The number of benzene rings is 1. The maximum absolute atomic E-state index is 12.0. The number of rotatable bonds is 6. The summed E-state index contributed by atoms with van der Waals surface area (Å²) in [6.45, 7) is 1.87. The van der Waals surface area contributed by atoms with E-state index in [0.717, 1.165) is 5.56 Å². The molecule has 1 aromatic heterocycles. The Bertz CT molecular complexity index is 730. The largest absolute Gasteiger partial charge is 0.294 e. The van der Waals surface area contributed by atoms with Crippen LogP contribution in [0.5, 0.6) is 0 Å². The molecule has 8 heteroatoms. The van der Waals surface area contributed by atoms with Gasteiger partial charge in [-0.05, 0) is 25.1 Å². The minimum atomic E-state index is -3.61. The summed E-state index contributed by atoms with van der Waals surface area (Å²) in [4.78, 5) is 19.5. The molecule has 2 rings (SSSR count). The summed E-state index contributed by atoms with van der Waals surface area (Å²) < 4.78 is 26.4. The number of carbonyl (C=O) groups is 1. The van der Waals surface area contributed by atoms with Gasteiger partial charge in [-0.2, -0.15) is 0 Å². The fourth-order valence-electron chi connectivity index (χ4n) is 1.65. The molecular weight excluding hydrogens is 304 g/mol. The topological polar surface area (TPSA) is 101 Å². The molecule has 0 fully saturated rings. The number of anilines is 1. The molecule has 2 aromatic rings. The van der Waals surface area contributed by atoms with Crippen LogP contribution in [0.25, 0.3) is 0 Å². The Hall–Kier alpha value is -2.32. The van der Waals surface area contributed by atoms with Crippen molar-refractivity contribution in [1.82, 2.24) is 14.7 Å². The molecule has 0 saturated heterocycles. The molecule has 0 saturated carbocycles. The highest BCUT2D eigenvalue weighted by molar-refractivity contribution is 7.89. The predicted molar refractivity (Wildman–Crippen MR) is 81.6 cm³/mol. The Labute approximate surface area is 128 Å². The van der Waals surface area contributed by atoms with E-state index in [1.807, 2.05) is 6.92 Å². The van der Waals surface area contributed by atoms with E-state index in [-0.39, 0.29) is 29.7 Å². The van der Waals surface area contributed by atoms with Crippen LogP contribution in [0.1, 0.15) is 12.0 Å². The monoisotopic (exact) mass is 320 g/mol. The molecule has 0 aliphatic rings. The summed E-state index contributed by atoms with van der Waals surface area (Å²) in [5.41, 5.74) is 0.973. The Morgan fingerprint density at radius 2 is 1.77 bits per heavy atom. The minimum absolute atomic E-state index is 0.00508. The molecule has 1 aromatic carbocycles. The Kier molecular flexibility index (Phi) is 5.18. The van der Waals surface area contributed by atoms with Crippen molar-refractivity contribution in [2.75, 3.05) is 11.9 Å². The second-order valence-electron chi connectivity index (χ2n) is 4.58. The van der Waals surface area contributed by atoms with E-state index in [0.29, 0.717) is 0 Å². The molecule has 1 heterocycles. The van der Waals surface area contributed by atoms with Crippen LogP contribution in [0.15, 0.2) is 47.6 Å². The van der Waals surface area contributed by atoms with Crippen LogP contribution in [-0.2, 0) is 14.8 Å². The van der Waals surface area contributed by atoms with E-state index in [1.165, 1.54) is 24.5 Å². The lowest BCUT2D eigenvalue weighted by Gasteiger charge is -2.07. The molecule has 22 heavy (non-hydrogen) atoms. The van der Waals surface area contributed by atoms with E-state index in [2.05, 4.69) is 20.0 Å². The van der Waals surface area contributed by atoms with Crippen LogP contribution < -0.4 is 10.0 Å². The van der Waals surface area contributed by atoms with Crippen LogP contribution in [0, 0.1) is 6.92 Å². The van der Waals surface area contributed by atoms with Crippen LogP contribution in [-0.4, -0.2) is 30.8 Å². The molecule has 0 radical (unpaired) electrons. The zero-order valence-electron chi connectivity index (χ0n) is 12.0. The van der Waals surface area contributed by atoms with Gasteiger partial charge in [0.2, 0.25) is 21.9 Å². The molecule has 0 aliphatic carbocycles. The van der Waals surface area contributed by atoms with Gasteiger partial charge >= 0.3 is 0 Å². The fourth-order valence-corrected chi connectivity index (χ4v) is 2.68. The number of carbonyl (C=O) groups excluding carboxylic acids is 1. The normalized spacial score (nSPS) is 11.1. The van der Waals surface area contributed by atoms with E-state index in [9.17, 15) is 13.2 Å². The second-order valence-corrected chi connectivity index (χ2v) is 6.35. The number of nitrogens with zero attached hydrogens (tertiary/aromatic N) is 2. The SMILES string of the molecule is Cc1ccc(S(=O)(=O)NCCC(=O)Nc2ncccn2)cc1. The molecule has 116 valence electrons. The molecule has 0 atom stereocenters. The van der Waals surface area contributed by atoms with E-state index in [4.69, 9.17) is 0 Å². The van der Waals surface area contributed by atoms with E-state index < -0.39 is 10.0 Å². The Morgan fingerprint density at radius 3 is 2.41 bits per heavy atom. The predicted octanol–water partition coefficient (Wildman–Crippen LogP) is 1.09. The first-order chi connectivity index (χ1) is 10.5. The highest BCUT2D eigenvalue weighted by Gasteiger charge is 2.14. The third kappa shape index (κ3) is 4.61. The van der Waals surface area contributed by atoms with Gasteiger partial charge in [0.1, 0.15) is 0 Å². The lowest BCUT2D eigenvalue weighted by Crippen LogP contribution is -2.28. The molecule has 0 bridgehead atoms. The molecule has 0 spiro atoms. The van der Waals surface area contributed by atoms with Gasteiger partial charge in [-0.3, -0.25) is 10.1 Å². The second kappa shape index (κ2) is 7.10. The van der Waals surface area contributed by atoms with Crippen LogP contribution in [0.3, 0.4) is 0 Å². The van der Waals surface area contributed by atoms with Gasteiger partial charge < -0.3 is 0 Å². The first-order valence-electron chi connectivity index (χ1n) is 6.60. The lowest BCUT2D eigenvalue weighted by atomic mass is 10.2. The van der Waals surface area contributed by atoms with Gasteiger partial charge in [-0.15, -0.1) is 0 Å². The molecule has 0 unspecified atom stereocenters. The quantitative estimate of drug-likeness (QED) is 0.830. The molecule has 1 amide bonds. The fraction of sp³-hybridized carbons (Fsp3) is 0.214. The molecule has 7 nitrogen and oxygen atoms in total. The summed E-state index contributed by atoms with van der Waals surface area (Å²) in [5, 5.41) is 2.48. The summed E-state index contributed by atoms with van der Waals surface area (Å²) in [7, 11) is -3.61. The zero-order chi connectivity index (χ0) is 16.0. The number of sulfonamides is 1. The average Bonchev–Trinajstić information content (AvgIpc) is 2.48. The van der Waals surface area contributed by atoms with Crippen molar-refractivity contribution in [1.29, 1.82) is 0 Å². The summed E-state index contributed by atoms with van der Waals surface area (Å²) >= 11 is 0. The van der Waals surface area contributed by atoms with E-state index >= 15 is 0 Å². The first-order valence-corrected chi connectivity index (χ1v) is 8.09. The molecule has 0 aliphatic heterocycles. The number of hydrogen-bond acceptors (Lipinski definition) is 5. The number of hydrogen-bond donors (Lipinski definition) is 2. The van der Waals surface area contributed by atoms with Crippen molar-refractivity contribution in [2.45, 2.75) is 18.2 Å². The highest BCUT2D eigenvalue weighted by atomic mass is 32.2. The van der Waals surface area contributed by atoms with Gasteiger partial charge in [-0.25, -0.2) is 23.1 Å². The first kappa shape index (κ1) is 16.1. The molecular formula is C14H16N4O3S. The van der Waals surface area contributed by atoms with Gasteiger partial charge in [-0.1, -0.05) is 17.7 Å². The minimum Gasteiger partial charge on any atom is -0.294 e. The van der Waals surface area contributed by atoms with Crippen molar-refractivity contribution in [2.24, 2.45) is 0 Å². The van der Waals surface area contributed by atoms with E-state index in [1.54, 1.807) is 18.2 Å². The van der Waals surface area contributed by atoms with Gasteiger partial charge in [0.15, 0.2) is 0 Å². The van der Waals surface area contributed by atoms with Crippen molar-refractivity contribution in [3.63, 3.8) is 0 Å². The number of nitrogens with one attached hydrogen (secondary N) is 2. The number of amides is 1. The molecule has 2 N–H and O–H groups in total. The third-order valence-electron chi connectivity index (χ3n) is 2.79. The number of aryl methyl sites for hydroxylation is 1. The van der Waals surface area contributed by atoms with Crippen molar-refractivity contribution in [3.05, 3.63) is 48.3 Å². The highest BCUT2D eigenvalue weighted by Crippen LogP contribution is 2.09. The average molecular weight is 320 g/mol. The van der Waals surface area contributed by atoms with Gasteiger partial charge in [0, 0.05) is 25.4 Å². The maximum atomic E-state index is 12.0. The Morgan fingerprint density at radius 1 is 1.14 bits per heavy atom. The van der Waals surface area contributed by atoms with Crippen molar-refractivity contribution >= 4 is 21.9 Å². The lowest BCUT2D eigenvalue weighted by molar-refractivity contribution is -0.116. The smallest absolute Gasteiger partial charge is 0.240 e. The third-order valence-corrected chi connectivity index (χ3v) is 4.27. The van der Waals surface area contributed by atoms with Crippen LogP contribution in [0.2, 0.25) is 0 Å². The van der Waals surface area contributed by atoms with Crippen molar-refractivity contribution < 1.29 is 13.2 Å². The summed E-state index contributed by atoms with van der Waals surface area (Å²) in [5.74, 6) is -0.174. The van der Waals surface area contributed by atoms with Crippen molar-refractivity contribution in [3.8, 4) is 0 Å². The maximum Gasteiger partial charge on any atom is 0.240 e. The standard InChI is InChI=1S/C14H16N4O3S/c1-11-3-5-12(6-4-11)22(20,21)17-10-7-13(19)18-14-15-8-2-9-16-14/h2-6,8-9,17H,7,10H2,1H3,(H,15,16,18,19). The Balaban J connectivity index is 1.85. The zero-order valence-corrected chi connectivity index (χ0v) is 12.8. The van der Waals surface area contributed by atoms with Crippen LogP contribution in [0.4, 0.5) is 5.95 Å². The summed E-state index contributed by atoms with van der Waals surface area (Å²) in [6, 6.07) is 8.11. The summed E-state index contributed by atoms with van der Waals surface area (Å²) in [6.07, 6.45) is 2.99. The van der Waals surface area contributed by atoms with Crippen LogP contribution >= 0.6 is 0 Å².